The van der Waals surface area contributed by atoms with Gasteiger partial charge in [0.05, 0.1) is 0 Å². The fraction of sp³-hybridized carbons (Fsp3) is 0.455. The van der Waals surface area contributed by atoms with Crippen LogP contribution in [-0.4, -0.2) is 11.4 Å². The Balaban J connectivity index is 2.59. The fourth-order valence-corrected chi connectivity index (χ4v) is 1.67. The zero-order chi connectivity index (χ0) is 10.6. The van der Waals surface area contributed by atoms with Crippen LogP contribution in [0.5, 0.6) is 0 Å². The Labute approximate surface area is 99.0 Å². The third kappa shape index (κ3) is 3.60. The number of halogens is 2. The van der Waals surface area contributed by atoms with E-state index in [9.17, 15) is 0 Å². The Morgan fingerprint density at radius 3 is 2.79 bits per heavy atom. The van der Waals surface area contributed by atoms with Crippen LogP contribution in [0.25, 0.3) is 0 Å². The van der Waals surface area contributed by atoms with Crippen LogP contribution < -0.4 is 5.32 Å². The van der Waals surface area contributed by atoms with Crippen molar-refractivity contribution in [2.45, 2.75) is 26.4 Å². The Morgan fingerprint density at radius 2 is 2.21 bits per heavy atom. The van der Waals surface area contributed by atoms with Crippen molar-refractivity contribution in [2.75, 3.05) is 5.33 Å². The summed E-state index contributed by atoms with van der Waals surface area (Å²) < 4.78 is 0. The van der Waals surface area contributed by atoms with Gasteiger partial charge >= 0.3 is 0 Å². The second-order valence-corrected chi connectivity index (χ2v) is 4.59. The first kappa shape index (κ1) is 12.0. The van der Waals surface area contributed by atoms with Crippen molar-refractivity contribution in [1.82, 2.24) is 5.32 Å². The van der Waals surface area contributed by atoms with E-state index in [1.165, 1.54) is 5.56 Å². The van der Waals surface area contributed by atoms with Crippen molar-refractivity contribution >= 4 is 27.5 Å². The van der Waals surface area contributed by atoms with Gasteiger partial charge in [0.1, 0.15) is 0 Å². The molecular weight excluding hydrogens is 261 g/mol. The van der Waals surface area contributed by atoms with Crippen molar-refractivity contribution in [3.05, 3.63) is 34.3 Å². The number of alkyl halides is 1. The predicted molar refractivity (Wildman–Crippen MR) is 66.3 cm³/mol. The number of rotatable bonds is 4. The minimum atomic E-state index is 0.465. The summed E-state index contributed by atoms with van der Waals surface area (Å²) in [6.07, 6.45) is 0. The summed E-state index contributed by atoms with van der Waals surface area (Å²) in [7, 11) is 0. The molecule has 0 aliphatic carbocycles. The molecule has 1 unspecified atom stereocenters. The molecule has 0 radical (unpaired) electrons. The molecule has 1 atom stereocenters. The maximum Gasteiger partial charge on any atom is 0.0453 e. The lowest BCUT2D eigenvalue weighted by Crippen LogP contribution is -2.26. The highest BCUT2D eigenvalue weighted by Crippen LogP contribution is 2.17. The van der Waals surface area contributed by atoms with E-state index in [-0.39, 0.29) is 0 Å². The average Bonchev–Trinajstić information content (AvgIpc) is 2.16. The van der Waals surface area contributed by atoms with Crippen LogP contribution in [0, 0.1) is 6.92 Å². The normalized spacial score (nSPS) is 12.9. The standard InChI is InChI=1S/C11H15BrClN/c1-8-3-4-10(11(13)5-8)7-14-9(2)6-12/h3-5,9,14H,6-7H2,1-2H3. The molecule has 0 saturated carbocycles. The SMILES string of the molecule is Cc1ccc(CNC(C)CBr)c(Cl)c1. The van der Waals surface area contributed by atoms with Crippen molar-refractivity contribution in [1.29, 1.82) is 0 Å². The van der Waals surface area contributed by atoms with E-state index in [2.05, 4.69) is 40.3 Å². The van der Waals surface area contributed by atoms with Crippen LogP contribution in [0.2, 0.25) is 5.02 Å². The summed E-state index contributed by atoms with van der Waals surface area (Å²) >= 11 is 9.53. The van der Waals surface area contributed by atoms with E-state index < -0.39 is 0 Å². The van der Waals surface area contributed by atoms with Crippen LogP contribution in [0.4, 0.5) is 0 Å². The van der Waals surface area contributed by atoms with Crippen LogP contribution in [0.15, 0.2) is 18.2 Å². The summed E-state index contributed by atoms with van der Waals surface area (Å²) in [6, 6.07) is 6.62. The number of hydrogen-bond donors (Lipinski definition) is 1. The van der Waals surface area contributed by atoms with Gasteiger partial charge in [0.25, 0.3) is 0 Å². The first-order chi connectivity index (χ1) is 6.63. The van der Waals surface area contributed by atoms with E-state index in [4.69, 9.17) is 11.6 Å². The summed E-state index contributed by atoms with van der Waals surface area (Å²) in [5, 5.41) is 5.18. The molecule has 14 heavy (non-hydrogen) atoms. The van der Waals surface area contributed by atoms with Gasteiger partial charge in [-0.05, 0) is 31.0 Å². The lowest BCUT2D eigenvalue weighted by molar-refractivity contribution is 0.598. The molecule has 0 bridgehead atoms. The quantitative estimate of drug-likeness (QED) is 0.830. The minimum Gasteiger partial charge on any atom is -0.309 e. The van der Waals surface area contributed by atoms with E-state index in [0.29, 0.717) is 6.04 Å². The highest BCUT2D eigenvalue weighted by molar-refractivity contribution is 9.09. The topological polar surface area (TPSA) is 12.0 Å². The molecule has 1 N–H and O–H groups in total. The molecule has 1 aromatic rings. The van der Waals surface area contributed by atoms with Crippen LogP contribution >= 0.6 is 27.5 Å². The Hall–Kier alpha value is -0.0500. The summed E-state index contributed by atoms with van der Waals surface area (Å²) in [6.45, 7) is 5.01. The third-order valence-corrected chi connectivity index (χ3v) is 3.40. The van der Waals surface area contributed by atoms with Gasteiger partial charge < -0.3 is 5.32 Å². The molecule has 0 aliphatic heterocycles. The average molecular weight is 277 g/mol. The van der Waals surface area contributed by atoms with E-state index in [1.54, 1.807) is 0 Å². The van der Waals surface area contributed by atoms with Gasteiger partial charge in [0.2, 0.25) is 0 Å². The Kier molecular flexibility index (Phi) is 4.93. The maximum absolute atomic E-state index is 6.10. The number of aryl methyl sites for hydroxylation is 1. The Morgan fingerprint density at radius 1 is 1.50 bits per heavy atom. The number of nitrogens with one attached hydrogen (secondary N) is 1. The number of hydrogen-bond acceptors (Lipinski definition) is 1. The fourth-order valence-electron chi connectivity index (χ4n) is 1.13. The van der Waals surface area contributed by atoms with Gasteiger partial charge in [-0.15, -0.1) is 0 Å². The smallest absolute Gasteiger partial charge is 0.0453 e. The van der Waals surface area contributed by atoms with E-state index in [0.717, 1.165) is 22.5 Å². The molecule has 0 fully saturated rings. The molecule has 0 aliphatic rings. The molecule has 0 aromatic heterocycles. The summed E-state index contributed by atoms with van der Waals surface area (Å²) in [4.78, 5) is 0. The first-order valence-corrected chi connectivity index (χ1v) is 6.18. The second-order valence-electron chi connectivity index (χ2n) is 3.53. The van der Waals surface area contributed by atoms with Crippen molar-refractivity contribution in [3.63, 3.8) is 0 Å². The molecule has 0 saturated heterocycles. The van der Waals surface area contributed by atoms with Crippen LogP contribution in [0.3, 0.4) is 0 Å². The monoisotopic (exact) mass is 275 g/mol. The summed E-state index contributed by atoms with van der Waals surface area (Å²) in [5.41, 5.74) is 2.36. The van der Waals surface area contributed by atoms with Crippen LogP contribution in [-0.2, 0) is 6.54 Å². The molecule has 78 valence electrons. The highest BCUT2D eigenvalue weighted by Gasteiger charge is 2.02. The van der Waals surface area contributed by atoms with Gasteiger partial charge in [-0.1, -0.05) is 39.7 Å². The maximum atomic E-state index is 6.10. The van der Waals surface area contributed by atoms with Crippen LogP contribution in [0.1, 0.15) is 18.1 Å². The lowest BCUT2D eigenvalue weighted by atomic mass is 10.1. The molecule has 0 heterocycles. The zero-order valence-electron chi connectivity index (χ0n) is 8.48. The van der Waals surface area contributed by atoms with Gasteiger partial charge in [0, 0.05) is 22.9 Å². The van der Waals surface area contributed by atoms with E-state index >= 15 is 0 Å². The van der Waals surface area contributed by atoms with Crippen molar-refractivity contribution < 1.29 is 0 Å². The van der Waals surface area contributed by atoms with Gasteiger partial charge in [-0.3, -0.25) is 0 Å². The molecule has 0 spiro atoms. The molecule has 1 nitrogen and oxygen atoms in total. The highest BCUT2D eigenvalue weighted by atomic mass is 79.9. The predicted octanol–water partition coefficient (Wildman–Crippen LogP) is 3.52. The van der Waals surface area contributed by atoms with Gasteiger partial charge in [0.15, 0.2) is 0 Å². The van der Waals surface area contributed by atoms with Crippen molar-refractivity contribution in [3.8, 4) is 0 Å². The van der Waals surface area contributed by atoms with E-state index in [1.807, 2.05) is 13.0 Å². The second kappa shape index (κ2) is 5.74. The molecule has 1 aromatic carbocycles. The first-order valence-electron chi connectivity index (χ1n) is 4.68. The largest absolute Gasteiger partial charge is 0.309 e. The summed E-state index contributed by atoms with van der Waals surface area (Å²) in [5.74, 6) is 0. The van der Waals surface area contributed by atoms with Gasteiger partial charge in [-0.2, -0.15) is 0 Å². The number of benzene rings is 1. The zero-order valence-corrected chi connectivity index (χ0v) is 10.8. The minimum absolute atomic E-state index is 0.465. The molecule has 1 rings (SSSR count). The molecule has 3 heteroatoms. The lowest BCUT2D eigenvalue weighted by Gasteiger charge is -2.11. The van der Waals surface area contributed by atoms with Crippen molar-refractivity contribution in [2.24, 2.45) is 0 Å². The van der Waals surface area contributed by atoms with Gasteiger partial charge in [-0.25, -0.2) is 0 Å². The third-order valence-electron chi connectivity index (χ3n) is 2.08. The molecule has 0 amide bonds. The Bertz CT molecular complexity index is 301. The molecular formula is C11H15BrClN.